The van der Waals surface area contributed by atoms with Gasteiger partial charge in [0.2, 0.25) is 0 Å². The van der Waals surface area contributed by atoms with E-state index < -0.39 is 0 Å². The summed E-state index contributed by atoms with van der Waals surface area (Å²) < 4.78 is 10.5. The van der Waals surface area contributed by atoms with Gasteiger partial charge in [0.05, 0.1) is 27.0 Å². The van der Waals surface area contributed by atoms with E-state index in [-0.39, 0.29) is 6.61 Å². The Morgan fingerprint density at radius 2 is 1.85 bits per heavy atom. The highest BCUT2D eigenvalue weighted by atomic mass is 32.1. The predicted octanol–water partition coefficient (Wildman–Crippen LogP) is 2.45. The van der Waals surface area contributed by atoms with Gasteiger partial charge in [0.15, 0.2) is 16.6 Å². The molecule has 0 aromatic heterocycles. The number of hydrogen-bond acceptors (Lipinski definition) is 6. The van der Waals surface area contributed by atoms with Gasteiger partial charge in [-0.3, -0.25) is 5.43 Å². The summed E-state index contributed by atoms with van der Waals surface area (Å²) in [6.45, 7) is 0.708. The third kappa shape index (κ3) is 6.12. The fourth-order valence-electron chi connectivity index (χ4n) is 2.33. The maximum atomic E-state index is 8.98. The van der Waals surface area contributed by atoms with Gasteiger partial charge in [-0.25, -0.2) is 0 Å². The Morgan fingerprint density at radius 1 is 1.15 bits per heavy atom. The lowest BCUT2D eigenvalue weighted by molar-refractivity contribution is 0.304. The number of aliphatic hydroxyl groups excluding tert-OH is 1. The van der Waals surface area contributed by atoms with E-state index in [0.717, 1.165) is 16.9 Å². The summed E-state index contributed by atoms with van der Waals surface area (Å²) in [7, 11) is 5.09. The lowest BCUT2D eigenvalue weighted by atomic mass is 10.2. The van der Waals surface area contributed by atoms with Crippen molar-refractivity contribution in [1.29, 1.82) is 0 Å². The van der Waals surface area contributed by atoms with E-state index in [1.807, 2.05) is 42.3 Å². The molecule has 0 fully saturated rings. The molecule has 8 heteroatoms. The van der Waals surface area contributed by atoms with Gasteiger partial charge in [0.25, 0.3) is 0 Å². The summed E-state index contributed by atoms with van der Waals surface area (Å²) in [5.74, 6) is 1.26. The van der Waals surface area contributed by atoms with Crippen LogP contribution < -0.4 is 25.1 Å². The highest BCUT2D eigenvalue weighted by Gasteiger charge is 2.05. The molecule has 0 aliphatic heterocycles. The minimum absolute atomic E-state index is 0.119. The molecule has 0 unspecified atom stereocenters. The number of hydrogen-bond donors (Lipinski definition) is 3. The summed E-state index contributed by atoms with van der Waals surface area (Å²) in [5, 5.41) is 16.5. The summed E-state index contributed by atoms with van der Waals surface area (Å²) >= 11 is 5.24. The van der Waals surface area contributed by atoms with E-state index in [1.165, 1.54) is 0 Å². The zero-order valence-electron chi connectivity index (χ0n) is 15.6. The summed E-state index contributed by atoms with van der Waals surface area (Å²) in [4.78, 5) is 1.97. The van der Waals surface area contributed by atoms with Crippen molar-refractivity contribution in [3.63, 3.8) is 0 Å². The molecule has 7 nitrogen and oxygen atoms in total. The Hall–Kier alpha value is -2.84. The number of likely N-dealkylation sites (N-methyl/N-ethyl adjacent to an activating group) is 1. The minimum atomic E-state index is 0.119. The van der Waals surface area contributed by atoms with E-state index >= 15 is 0 Å². The average Bonchev–Trinajstić information content (AvgIpc) is 2.68. The van der Waals surface area contributed by atoms with Gasteiger partial charge in [-0.1, -0.05) is 12.1 Å². The molecule has 0 atom stereocenters. The van der Waals surface area contributed by atoms with Crippen LogP contribution >= 0.6 is 12.2 Å². The first-order chi connectivity index (χ1) is 13.1. The molecule has 0 saturated heterocycles. The van der Waals surface area contributed by atoms with Crippen molar-refractivity contribution < 1.29 is 14.6 Å². The maximum absolute atomic E-state index is 8.98. The summed E-state index contributed by atoms with van der Waals surface area (Å²) in [5.41, 5.74) is 5.49. The van der Waals surface area contributed by atoms with Crippen LogP contribution in [-0.2, 0) is 0 Å². The zero-order chi connectivity index (χ0) is 19.6. The molecule has 0 bridgehead atoms. The molecule has 0 heterocycles. The number of thiocarbonyl (C=S) groups is 1. The third-order valence-corrected chi connectivity index (χ3v) is 3.98. The van der Waals surface area contributed by atoms with Gasteiger partial charge >= 0.3 is 0 Å². The van der Waals surface area contributed by atoms with Crippen molar-refractivity contribution in [3.8, 4) is 11.5 Å². The van der Waals surface area contributed by atoms with Gasteiger partial charge in [-0.05, 0) is 42.0 Å². The molecule has 0 aliphatic rings. The van der Waals surface area contributed by atoms with E-state index in [2.05, 4.69) is 15.8 Å². The van der Waals surface area contributed by atoms with Crippen molar-refractivity contribution >= 4 is 34.9 Å². The second kappa shape index (κ2) is 10.3. The molecule has 2 aromatic rings. The molecule has 0 spiro atoms. The zero-order valence-corrected chi connectivity index (χ0v) is 16.4. The second-order valence-electron chi connectivity index (χ2n) is 5.63. The van der Waals surface area contributed by atoms with Crippen LogP contribution in [-0.4, -0.2) is 50.9 Å². The first-order valence-corrected chi connectivity index (χ1v) is 8.72. The smallest absolute Gasteiger partial charge is 0.191 e. The number of anilines is 2. The maximum Gasteiger partial charge on any atom is 0.191 e. The number of benzene rings is 2. The number of methoxy groups -OCH3 is 2. The van der Waals surface area contributed by atoms with E-state index in [4.69, 9.17) is 26.8 Å². The van der Waals surface area contributed by atoms with Crippen LogP contribution in [0, 0.1) is 0 Å². The number of nitrogens with zero attached hydrogens (tertiary/aromatic N) is 2. The quantitative estimate of drug-likeness (QED) is 0.364. The molecule has 144 valence electrons. The number of ether oxygens (including phenoxy) is 2. The van der Waals surface area contributed by atoms with Crippen LogP contribution in [0.3, 0.4) is 0 Å². The average molecular weight is 388 g/mol. The molecule has 0 amide bonds. The van der Waals surface area contributed by atoms with Crippen LogP contribution in [0.2, 0.25) is 0 Å². The SMILES string of the molecule is COc1ccc(NC(=S)N/N=C\c2ccc(N(C)CCO)cc2)cc1OC. The van der Waals surface area contributed by atoms with Crippen molar-refractivity contribution in [2.75, 3.05) is 44.6 Å². The lowest BCUT2D eigenvalue weighted by Gasteiger charge is -2.17. The number of nitrogens with one attached hydrogen (secondary N) is 2. The Kier molecular flexibility index (Phi) is 7.84. The number of aliphatic hydroxyl groups is 1. The number of hydrazone groups is 1. The van der Waals surface area contributed by atoms with E-state index in [0.29, 0.717) is 23.2 Å². The van der Waals surface area contributed by atoms with Gasteiger partial charge in [0, 0.05) is 31.0 Å². The van der Waals surface area contributed by atoms with Crippen LogP contribution in [0.4, 0.5) is 11.4 Å². The normalized spacial score (nSPS) is 10.5. The van der Waals surface area contributed by atoms with Crippen LogP contribution in [0.25, 0.3) is 0 Å². The third-order valence-electron chi connectivity index (χ3n) is 3.79. The Labute approximate surface area is 164 Å². The van der Waals surface area contributed by atoms with E-state index in [9.17, 15) is 0 Å². The summed E-state index contributed by atoms with van der Waals surface area (Å²) in [6.07, 6.45) is 1.68. The van der Waals surface area contributed by atoms with Crippen LogP contribution in [0.5, 0.6) is 11.5 Å². The van der Waals surface area contributed by atoms with Crippen molar-refractivity contribution in [2.45, 2.75) is 0 Å². The van der Waals surface area contributed by atoms with Gasteiger partial charge in [-0.2, -0.15) is 5.10 Å². The molecule has 27 heavy (non-hydrogen) atoms. The largest absolute Gasteiger partial charge is 0.493 e. The fourth-order valence-corrected chi connectivity index (χ4v) is 2.50. The Bertz CT molecular complexity index is 781. The Morgan fingerprint density at radius 3 is 2.48 bits per heavy atom. The molecule has 2 aromatic carbocycles. The molecule has 0 radical (unpaired) electrons. The lowest BCUT2D eigenvalue weighted by Crippen LogP contribution is -2.23. The fraction of sp³-hybridized carbons (Fsp3) is 0.263. The standard InChI is InChI=1S/C19H24N4O3S/c1-23(10-11-24)16-7-4-14(5-8-16)13-20-22-19(27)21-15-6-9-17(25-2)18(12-15)26-3/h4-9,12-13,24H,10-11H2,1-3H3,(H2,21,22,27)/b20-13-. The topological polar surface area (TPSA) is 78.4 Å². The van der Waals surface area contributed by atoms with Crippen molar-refractivity contribution in [2.24, 2.45) is 5.10 Å². The molecule has 0 aliphatic carbocycles. The molecule has 0 saturated carbocycles. The molecule has 3 N–H and O–H groups in total. The minimum Gasteiger partial charge on any atom is -0.493 e. The van der Waals surface area contributed by atoms with Crippen LogP contribution in [0.15, 0.2) is 47.6 Å². The first-order valence-electron chi connectivity index (χ1n) is 8.31. The molecular formula is C19H24N4O3S. The molecule has 2 rings (SSSR count). The Balaban J connectivity index is 1.89. The summed E-state index contributed by atoms with van der Waals surface area (Å²) in [6, 6.07) is 13.2. The predicted molar refractivity (Wildman–Crippen MR) is 113 cm³/mol. The van der Waals surface area contributed by atoms with Crippen LogP contribution in [0.1, 0.15) is 5.56 Å². The highest BCUT2D eigenvalue weighted by Crippen LogP contribution is 2.29. The highest BCUT2D eigenvalue weighted by molar-refractivity contribution is 7.80. The monoisotopic (exact) mass is 388 g/mol. The van der Waals surface area contributed by atoms with Gasteiger partial charge < -0.3 is 24.8 Å². The first kappa shape index (κ1) is 20.5. The van der Waals surface area contributed by atoms with E-state index in [1.54, 1.807) is 32.6 Å². The molecular weight excluding hydrogens is 364 g/mol. The van der Waals surface area contributed by atoms with Crippen molar-refractivity contribution in [1.82, 2.24) is 5.43 Å². The van der Waals surface area contributed by atoms with Gasteiger partial charge in [-0.15, -0.1) is 0 Å². The van der Waals surface area contributed by atoms with Gasteiger partial charge in [0.1, 0.15) is 0 Å². The second-order valence-corrected chi connectivity index (χ2v) is 6.04. The number of rotatable bonds is 8. The van der Waals surface area contributed by atoms with Crippen molar-refractivity contribution in [3.05, 3.63) is 48.0 Å².